The minimum atomic E-state index is -1.62. The first-order valence-corrected chi connectivity index (χ1v) is 14.2. The normalized spacial score (nSPS) is 13.5. The third-order valence-electron chi connectivity index (χ3n) is 4.82. The quantitative estimate of drug-likeness (QED) is 0.570. The predicted molar refractivity (Wildman–Crippen MR) is 100 cm³/mol. The fourth-order valence-electron chi connectivity index (χ4n) is 2.49. The Morgan fingerprint density at radius 1 is 1.00 bits per heavy atom. The van der Waals surface area contributed by atoms with Crippen molar-refractivity contribution < 1.29 is 4.12 Å². The Hall–Kier alpha value is -0.386. The first kappa shape index (κ1) is 18.7. The fraction of sp³-hybridized carbons (Fsp3) is 0.667. The molecule has 1 aromatic rings. The number of rotatable bonds is 6. The van der Waals surface area contributed by atoms with Gasteiger partial charge in [0.2, 0.25) is 0 Å². The van der Waals surface area contributed by atoms with Crippen molar-refractivity contribution in [3.8, 4) is 0 Å². The molecule has 0 spiro atoms. The van der Waals surface area contributed by atoms with Crippen molar-refractivity contribution >= 4 is 16.6 Å². The molecule has 21 heavy (non-hydrogen) atoms. The Morgan fingerprint density at radius 2 is 1.57 bits per heavy atom. The van der Waals surface area contributed by atoms with Crippen molar-refractivity contribution in [2.24, 2.45) is 0 Å². The molecule has 0 aromatic heterocycles. The minimum absolute atomic E-state index is 0.313. The lowest BCUT2D eigenvalue weighted by Crippen LogP contribution is -2.49. The van der Waals surface area contributed by atoms with Crippen molar-refractivity contribution in [1.82, 2.24) is 0 Å². The van der Waals surface area contributed by atoms with Crippen LogP contribution in [0.5, 0.6) is 0 Å². The van der Waals surface area contributed by atoms with E-state index in [0.29, 0.717) is 5.04 Å². The monoisotopic (exact) mass is 322 g/mol. The van der Waals surface area contributed by atoms with Crippen molar-refractivity contribution in [3.63, 3.8) is 0 Å². The molecule has 0 bridgehead atoms. The maximum Gasteiger partial charge on any atom is 0.178 e. The molecule has 0 saturated carbocycles. The summed E-state index contributed by atoms with van der Waals surface area (Å²) in [6, 6.07) is 10.0. The molecule has 0 N–H and O–H groups in total. The first-order valence-electron chi connectivity index (χ1n) is 8.19. The summed E-state index contributed by atoms with van der Waals surface area (Å²) in [5.74, 6) is 0. The molecule has 120 valence electrons. The van der Waals surface area contributed by atoms with Gasteiger partial charge in [-0.15, -0.1) is 0 Å². The second kappa shape index (κ2) is 6.80. The summed E-state index contributed by atoms with van der Waals surface area (Å²) in [4.78, 5) is 0. The standard InChI is InChI=1S/C18H34OSi2/c1-16-12-9-10-13-17(16)14-11-15-20(5,6)19-21(7,8)18(2,3)4/h9-10,12-13H,11,14-15H2,1-8H3. The lowest BCUT2D eigenvalue weighted by molar-refractivity contribution is 0.482. The number of hydrogen-bond acceptors (Lipinski definition) is 1. The van der Waals surface area contributed by atoms with E-state index in [-0.39, 0.29) is 0 Å². The van der Waals surface area contributed by atoms with E-state index < -0.39 is 16.6 Å². The highest BCUT2D eigenvalue weighted by Crippen LogP contribution is 2.39. The van der Waals surface area contributed by atoms with Gasteiger partial charge in [0.1, 0.15) is 0 Å². The van der Waals surface area contributed by atoms with E-state index in [1.165, 1.54) is 30.0 Å². The van der Waals surface area contributed by atoms with Gasteiger partial charge in [0, 0.05) is 0 Å². The second-order valence-corrected chi connectivity index (χ2v) is 17.8. The minimum Gasteiger partial charge on any atom is -0.455 e. The predicted octanol–water partition coefficient (Wildman–Crippen LogP) is 6.15. The molecular weight excluding hydrogens is 288 g/mol. The summed E-state index contributed by atoms with van der Waals surface area (Å²) in [6.45, 7) is 18.7. The van der Waals surface area contributed by atoms with E-state index >= 15 is 0 Å². The van der Waals surface area contributed by atoms with Crippen LogP contribution in [-0.4, -0.2) is 16.6 Å². The van der Waals surface area contributed by atoms with Crippen LogP contribution in [0.25, 0.3) is 0 Å². The van der Waals surface area contributed by atoms with Gasteiger partial charge in [-0.3, -0.25) is 0 Å². The number of hydrogen-bond donors (Lipinski definition) is 0. The molecule has 1 rings (SSSR count). The van der Waals surface area contributed by atoms with Crippen LogP contribution in [-0.2, 0) is 10.5 Å². The SMILES string of the molecule is Cc1ccccc1CCC[Si](C)(C)O[Si](C)(C)C(C)(C)C. The van der Waals surface area contributed by atoms with Gasteiger partial charge in [0.15, 0.2) is 16.6 Å². The molecule has 0 aliphatic rings. The zero-order chi connectivity index (χ0) is 16.3. The summed E-state index contributed by atoms with van der Waals surface area (Å²) in [7, 11) is -3.18. The first-order chi connectivity index (χ1) is 9.45. The van der Waals surface area contributed by atoms with Gasteiger partial charge in [0.05, 0.1) is 0 Å². The highest BCUT2D eigenvalue weighted by atomic mass is 28.4. The molecule has 0 atom stereocenters. The van der Waals surface area contributed by atoms with Crippen LogP contribution in [0.3, 0.4) is 0 Å². The van der Waals surface area contributed by atoms with Crippen LogP contribution in [0.1, 0.15) is 38.3 Å². The zero-order valence-electron chi connectivity index (χ0n) is 15.3. The summed E-state index contributed by atoms with van der Waals surface area (Å²) in [6.07, 6.45) is 2.43. The second-order valence-electron chi connectivity index (χ2n) is 8.40. The van der Waals surface area contributed by atoms with Gasteiger partial charge in [-0.25, -0.2) is 0 Å². The molecular formula is C18H34OSi2. The summed E-state index contributed by atoms with van der Waals surface area (Å²) >= 11 is 0. The van der Waals surface area contributed by atoms with Gasteiger partial charge in [-0.2, -0.15) is 0 Å². The third-order valence-corrected chi connectivity index (χ3v) is 14.2. The van der Waals surface area contributed by atoms with Crippen LogP contribution in [0.15, 0.2) is 24.3 Å². The Balaban J connectivity index is 2.56. The molecule has 0 aliphatic heterocycles. The van der Waals surface area contributed by atoms with Crippen LogP contribution >= 0.6 is 0 Å². The van der Waals surface area contributed by atoms with E-state index in [1.807, 2.05) is 0 Å². The zero-order valence-corrected chi connectivity index (χ0v) is 17.3. The van der Waals surface area contributed by atoms with Crippen molar-refractivity contribution in [1.29, 1.82) is 0 Å². The Kier molecular flexibility index (Phi) is 6.04. The van der Waals surface area contributed by atoms with Crippen LogP contribution < -0.4 is 0 Å². The summed E-state index contributed by atoms with van der Waals surface area (Å²) in [5, 5.41) is 0.313. The van der Waals surface area contributed by atoms with Gasteiger partial charge in [0.25, 0.3) is 0 Å². The van der Waals surface area contributed by atoms with E-state index in [4.69, 9.17) is 4.12 Å². The van der Waals surface area contributed by atoms with Gasteiger partial charge in [-0.05, 0) is 68.2 Å². The van der Waals surface area contributed by atoms with E-state index in [2.05, 4.69) is 78.1 Å². The fourth-order valence-corrected chi connectivity index (χ4v) is 10.7. The summed E-state index contributed by atoms with van der Waals surface area (Å²) in [5.41, 5.74) is 2.91. The molecule has 1 nitrogen and oxygen atoms in total. The Bertz CT molecular complexity index is 459. The Morgan fingerprint density at radius 3 is 2.10 bits per heavy atom. The lowest BCUT2D eigenvalue weighted by atomic mass is 10.1. The van der Waals surface area contributed by atoms with Crippen LogP contribution in [0, 0.1) is 6.92 Å². The molecule has 0 aliphatic carbocycles. The maximum absolute atomic E-state index is 6.74. The third kappa shape index (κ3) is 5.72. The molecule has 0 fully saturated rings. The van der Waals surface area contributed by atoms with Gasteiger partial charge in [-0.1, -0.05) is 45.0 Å². The molecule has 0 radical (unpaired) electrons. The molecule has 0 amide bonds. The van der Waals surface area contributed by atoms with Crippen LogP contribution in [0.4, 0.5) is 0 Å². The van der Waals surface area contributed by atoms with E-state index in [9.17, 15) is 0 Å². The molecule has 1 aromatic carbocycles. The molecule has 0 heterocycles. The van der Waals surface area contributed by atoms with E-state index in [0.717, 1.165) is 0 Å². The van der Waals surface area contributed by atoms with Gasteiger partial charge < -0.3 is 4.12 Å². The van der Waals surface area contributed by atoms with Gasteiger partial charge >= 0.3 is 0 Å². The topological polar surface area (TPSA) is 9.23 Å². The van der Waals surface area contributed by atoms with Crippen LogP contribution in [0.2, 0.25) is 37.3 Å². The largest absolute Gasteiger partial charge is 0.455 e. The maximum atomic E-state index is 6.74. The average molecular weight is 323 g/mol. The number of aryl methyl sites for hydroxylation is 2. The highest BCUT2D eigenvalue weighted by molar-refractivity contribution is 6.86. The smallest absolute Gasteiger partial charge is 0.178 e. The lowest BCUT2D eigenvalue weighted by Gasteiger charge is -2.42. The summed E-state index contributed by atoms with van der Waals surface area (Å²) < 4.78 is 6.74. The van der Waals surface area contributed by atoms with E-state index in [1.54, 1.807) is 0 Å². The van der Waals surface area contributed by atoms with Crippen molar-refractivity contribution in [2.75, 3.05) is 0 Å². The molecule has 0 saturated heterocycles. The van der Waals surface area contributed by atoms with Crippen molar-refractivity contribution in [2.45, 2.75) is 77.8 Å². The molecule has 0 unspecified atom stereocenters. The van der Waals surface area contributed by atoms with Crippen molar-refractivity contribution in [3.05, 3.63) is 35.4 Å². The average Bonchev–Trinajstić information content (AvgIpc) is 2.28. The highest BCUT2D eigenvalue weighted by Gasteiger charge is 2.41. The Labute approximate surface area is 134 Å². The number of benzene rings is 1. The molecule has 3 heteroatoms.